The molecule has 0 aromatic heterocycles. The molecule has 1 heterocycles. The normalized spacial score (nSPS) is 45.3. The van der Waals surface area contributed by atoms with Crippen molar-refractivity contribution in [2.24, 2.45) is 34.5 Å². The van der Waals surface area contributed by atoms with Crippen molar-refractivity contribution in [3.05, 3.63) is 12.2 Å². The molecule has 3 aliphatic carbocycles. The van der Waals surface area contributed by atoms with Crippen LogP contribution in [0.4, 0.5) is 0 Å². The highest BCUT2D eigenvalue weighted by Gasteiger charge is 2.60. The minimum absolute atomic E-state index is 0.00683. The van der Waals surface area contributed by atoms with E-state index >= 15 is 0 Å². The van der Waals surface area contributed by atoms with Gasteiger partial charge in [0.25, 0.3) is 0 Å². The van der Waals surface area contributed by atoms with Gasteiger partial charge >= 0.3 is 0 Å². The molecule has 0 bridgehead atoms. The fourth-order valence-electron chi connectivity index (χ4n) is 7.18. The molecule has 0 aromatic carbocycles. The molecule has 0 saturated heterocycles. The number of amides is 2. The van der Waals surface area contributed by atoms with Crippen molar-refractivity contribution in [1.29, 1.82) is 0 Å². The minimum Gasteiger partial charge on any atom is -0.349 e. The molecule has 5 heteroatoms. The van der Waals surface area contributed by atoms with Crippen LogP contribution in [0.3, 0.4) is 0 Å². The molecule has 0 spiro atoms. The second-order valence-electron chi connectivity index (χ2n) is 10.2. The van der Waals surface area contributed by atoms with Crippen LogP contribution in [-0.4, -0.2) is 29.7 Å². The van der Waals surface area contributed by atoms with Crippen LogP contribution in [0.1, 0.15) is 66.2 Å². The quantitative estimate of drug-likeness (QED) is 0.783. The molecule has 0 radical (unpaired) electrons. The first-order chi connectivity index (χ1) is 13.2. The van der Waals surface area contributed by atoms with Crippen molar-refractivity contribution in [2.45, 2.75) is 78.3 Å². The fraction of sp³-hybridized carbons (Fsp3) is 0.783. The van der Waals surface area contributed by atoms with Crippen LogP contribution in [0.2, 0.25) is 0 Å². The Labute approximate surface area is 168 Å². The van der Waals surface area contributed by atoms with E-state index in [4.69, 9.17) is 0 Å². The summed E-state index contributed by atoms with van der Waals surface area (Å²) < 4.78 is 0. The number of Topliss-reactive ketones (excluding diaryl/α,β-unsaturated/α-hetero) is 1. The van der Waals surface area contributed by atoms with Crippen molar-refractivity contribution in [3.8, 4) is 0 Å². The smallest absolute Gasteiger partial charge is 0.243 e. The molecule has 28 heavy (non-hydrogen) atoms. The first kappa shape index (κ1) is 19.7. The van der Waals surface area contributed by atoms with Crippen molar-refractivity contribution < 1.29 is 14.4 Å². The monoisotopic (exact) mass is 386 g/mol. The van der Waals surface area contributed by atoms with Crippen LogP contribution in [0.5, 0.6) is 0 Å². The number of carbonyl (C=O) groups excluding carboxylic acids is 3. The van der Waals surface area contributed by atoms with Crippen LogP contribution in [0.15, 0.2) is 12.2 Å². The minimum atomic E-state index is -0.406. The molecule has 0 aromatic rings. The van der Waals surface area contributed by atoms with Gasteiger partial charge in [0.1, 0.15) is 0 Å². The average Bonchev–Trinajstić information content (AvgIpc) is 2.99. The summed E-state index contributed by atoms with van der Waals surface area (Å²) in [7, 11) is 0. The number of rotatable bonds is 3. The van der Waals surface area contributed by atoms with E-state index in [-0.39, 0.29) is 40.4 Å². The Balaban J connectivity index is 1.55. The number of carbonyl (C=O) groups is 3. The zero-order valence-electron chi connectivity index (χ0n) is 17.6. The van der Waals surface area contributed by atoms with E-state index in [9.17, 15) is 14.4 Å². The van der Waals surface area contributed by atoms with Gasteiger partial charge in [-0.2, -0.15) is 0 Å². The summed E-state index contributed by atoms with van der Waals surface area (Å²) in [6.45, 7) is 7.94. The van der Waals surface area contributed by atoms with Gasteiger partial charge < -0.3 is 10.6 Å². The molecule has 3 fully saturated rings. The van der Waals surface area contributed by atoms with E-state index in [1.807, 2.05) is 0 Å². The topological polar surface area (TPSA) is 75.3 Å². The molecule has 2 amide bonds. The van der Waals surface area contributed by atoms with Crippen LogP contribution in [0.25, 0.3) is 0 Å². The lowest BCUT2D eigenvalue weighted by Crippen LogP contribution is -2.59. The van der Waals surface area contributed by atoms with Crippen LogP contribution < -0.4 is 10.6 Å². The van der Waals surface area contributed by atoms with Gasteiger partial charge in [-0.05, 0) is 81.6 Å². The van der Waals surface area contributed by atoms with E-state index in [2.05, 4.69) is 30.6 Å². The van der Waals surface area contributed by atoms with Gasteiger partial charge in [-0.15, -0.1) is 0 Å². The summed E-state index contributed by atoms with van der Waals surface area (Å²) in [6, 6.07) is -0.163. The Morgan fingerprint density at radius 3 is 2.61 bits per heavy atom. The average molecular weight is 387 g/mol. The van der Waals surface area contributed by atoms with Gasteiger partial charge in [0.05, 0.1) is 6.04 Å². The molecule has 8 atom stereocenters. The Kier molecular flexibility index (Phi) is 4.71. The lowest BCUT2D eigenvalue weighted by Gasteiger charge is -2.58. The number of nitrogens with one attached hydrogen (secondary N) is 2. The van der Waals surface area contributed by atoms with Crippen molar-refractivity contribution in [1.82, 2.24) is 10.6 Å². The molecular weight excluding hydrogens is 352 g/mol. The molecule has 4 rings (SSSR count). The van der Waals surface area contributed by atoms with E-state index in [1.54, 1.807) is 13.0 Å². The van der Waals surface area contributed by atoms with Gasteiger partial charge in [0.2, 0.25) is 11.8 Å². The highest BCUT2D eigenvalue weighted by molar-refractivity contribution is 5.89. The van der Waals surface area contributed by atoms with E-state index in [1.165, 1.54) is 6.92 Å². The molecule has 5 nitrogen and oxygen atoms in total. The summed E-state index contributed by atoms with van der Waals surface area (Å²) in [5.74, 6) is 1.86. The molecule has 3 saturated carbocycles. The van der Waals surface area contributed by atoms with Crippen LogP contribution >= 0.6 is 0 Å². The first-order valence-electron chi connectivity index (χ1n) is 11.0. The molecule has 4 aliphatic rings. The fourth-order valence-corrected chi connectivity index (χ4v) is 7.18. The van der Waals surface area contributed by atoms with Gasteiger partial charge in [-0.3, -0.25) is 14.4 Å². The molecule has 1 aliphatic heterocycles. The van der Waals surface area contributed by atoms with Gasteiger partial charge in [-0.25, -0.2) is 0 Å². The maximum absolute atomic E-state index is 13.0. The van der Waals surface area contributed by atoms with Gasteiger partial charge in [0, 0.05) is 17.4 Å². The summed E-state index contributed by atoms with van der Waals surface area (Å²) in [4.78, 5) is 36.4. The Morgan fingerprint density at radius 1 is 1.14 bits per heavy atom. The Bertz CT molecular complexity index is 731. The van der Waals surface area contributed by atoms with Crippen LogP contribution in [0, 0.1) is 34.5 Å². The largest absolute Gasteiger partial charge is 0.349 e. The lowest BCUT2D eigenvalue weighted by atomic mass is 9.48. The van der Waals surface area contributed by atoms with Gasteiger partial charge in [-0.1, -0.05) is 19.9 Å². The Morgan fingerprint density at radius 2 is 1.89 bits per heavy atom. The second kappa shape index (κ2) is 6.70. The Hall–Kier alpha value is -1.65. The number of ketones is 1. The summed E-state index contributed by atoms with van der Waals surface area (Å²) in [5.41, 5.74) is 0.0498. The molecule has 1 unspecified atom stereocenters. The highest BCUT2D eigenvalue weighted by Crippen LogP contribution is 2.64. The number of hydrogen-bond donors (Lipinski definition) is 2. The summed E-state index contributed by atoms with van der Waals surface area (Å²) in [5, 5.41) is 6.16. The zero-order valence-corrected chi connectivity index (χ0v) is 17.6. The SMILES string of the molecule is CC(=O)C(C)NC(=O)[C@@H]1CC[C@@H]2[C@H]3CC[C@H]4NC(=O)C=C[C@]4(C)[C@@H]3CC[C@]21C. The van der Waals surface area contributed by atoms with Crippen molar-refractivity contribution in [2.75, 3.05) is 0 Å². The number of fused-ring (bicyclic) bond motifs is 5. The predicted molar refractivity (Wildman–Crippen MR) is 107 cm³/mol. The van der Waals surface area contributed by atoms with E-state index in [0.717, 1.165) is 38.5 Å². The maximum atomic E-state index is 13.0. The first-order valence-corrected chi connectivity index (χ1v) is 11.0. The molecular formula is C23H34N2O3. The third-order valence-corrected chi connectivity index (χ3v) is 8.97. The van der Waals surface area contributed by atoms with Crippen molar-refractivity contribution in [3.63, 3.8) is 0 Å². The summed E-state index contributed by atoms with van der Waals surface area (Å²) in [6.07, 6.45) is 10.2. The third-order valence-electron chi connectivity index (χ3n) is 8.97. The zero-order chi connectivity index (χ0) is 20.3. The maximum Gasteiger partial charge on any atom is 0.243 e. The van der Waals surface area contributed by atoms with Gasteiger partial charge in [0.15, 0.2) is 5.78 Å². The van der Waals surface area contributed by atoms with E-state index in [0.29, 0.717) is 17.8 Å². The highest BCUT2D eigenvalue weighted by atomic mass is 16.2. The predicted octanol–water partition coefficient (Wildman–Crippen LogP) is 2.99. The number of hydrogen-bond acceptors (Lipinski definition) is 3. The van der Waals surface area contributed by atoms with Crippen LogP contribution in [-0.2, 0) is 14.4 Å². The third kappa shape index (κ3) is 2.84. The van der Waals surface area contributed by atoms with E-state index < -0.39 is 6.04 Å². The van der Waals surface area contributed by atoms with Crippen molar-refractivity contribution >= 4 is 17.6 Å². The molecule has 154 valence electrons. The summed E-state index contributed by atoms with van der Waals surface area (Å²) >= 11 is 0. The molecule has 2 N–H and O–H groups in total. The standard InChI is InChI=1S/C23H34N2O3/c1-13(14(2)26)24-21(28)18-7-6-16-15-5-8-19-23(4,12-10-20(27)25-19)17(15)9-11-22(16,18)3/h10,12-13,15-19H,5-9,11H2,1-4H3,(H,24,28)(H,25,27)/t13?,15-,16-,17-,18+,19-,22-,23-/m1/s1. The second-order valence-corrected chi connectivity index (χ2v) is 10.2. The lowest BCUT2D eigenvalue weighted by molar-refractivity contribution is -0.136.